The molecular formula is C17H18F3N. The summed E-state index contributed by atoms with van der Waals surface area (Å²) in [5.74, 6) is 0.362. The molecule has 1 N–H and O–H groups in total. The third kappa shape index (κ3) is 4.60. The van der Waals surface area contributed by atoms with Crippen molar-refractivity contribution in [3.8, 4) is 0 Å². The molecular weight excluding hydrogens is 275 g/mol. The van der Waals surface area contributed by atoms with Gasteiger partial charge in [0.2, 0.25) is 0 Å². The van der Waals surface area contributed by atoms with Crippen LogP contribution in [0.25, 0.3) is 0 Å². The summed E-state index contributed by atoms with van der Waals surface area (Å²) < 4.78 is 37.3. The third-order valence-corrected chi connectivity index (χ3v) is 3.43. The van der Waals surface area contributed by atoms with Crippen LogP contribution in [0.15, 0.2) is 54.6 Å². The van der Waals surface area contributed by atoms with Crippen molar-refractivity contribution in [2.45, 2.75) is 25.6 Å². The van der Waals surface area contributed by atoms with Crippen molar-refractivity contribution in [1.29, 1.82) is 0 Å². The van der Waals surface area contributed by atoms with Gasteiger partial charge in [0.1, 0.15) is 0 Å². The lowest BCUT2D eigenvalue weighted by atomic mass is 10.0. The average Bonchev–Trinajstić information content (AvgIpc) is 2.47. The van der Waals surface area contributed by atoms with E-state index < -0.39 is 11.7 Å². The fourth-order valence-corrected chi connectivity index (χ4v) is 2.14. The van der Waals surface area contributed by atoms with Crippen molar-refractivity contribution < 1.29 is 13.2 Å². The number of benzene rings is 2. The van der Waals surface area contributed by atoms with E-state index in [4.69, 9.17) is 0 Å². The smallest absolute Gasteiger partial charge is 0.312 e. The number of alkyl halides is 3. The second-order valence-electron chi connectivity index (χ2n) is 5.14. The highest BCUT2D eigenvalue weighted by atomic mass is 19.4. The minimum atomic E-state index is -4.27. The van der Waals surface area contributed by atoms with E-state index in [1.54, 1.807) is 0 Å². The topological polar surface area (TPSA) is 12.0 Å². The van der Waals surface area contributed by atoms with Gasteiger partial charge in [-0.3, -0.25) is 0 Å². The number of nitrogens with one attached hydrogen (secondary N) is 1. The largest absolute Gasteiger partial charge is 0.416 e. The molecule has 0 fully saturated rings. The highest BCUT2D eigenvalue weighted by molar-refractivity contribution is 5.24. The van der Waals surface area contributed by atoms with Crippen molar-refractivity contribution >= 4 is 0 Å². The Balaban J connectivity index is 1.84. The predicted octanol–water partition coefficient (Wildman–Crippen LogP) is 4.60. The van der Waals surface area contributed by atoms with E-state index in [0.29, 0.717) is 12.5 Å². The highest BCUT2D eigenvalue weighted by Crippen LogP contribution is 2.29. The Morgan fingerprint density at radius 1 is 0.952 bits per heavy atom. The number of hydrogen-bond donors (Lipinski definition) is 1. The summed E-state index contributed by atoms with van der Waals surface area (Å²) >= 11 is 0. The summed E-state index contributed by atoms with van der Waals surface area (Å²) in [6, 6.07) is 15.4. The first-order valence-corrected chi connectivity index (χ1v) is 6.88. The van der Waals surface area contributed by atoms with Gasteiger partial charge < -0.3 is 5.32 Å². The van der Waals surface area contributed by atoms with Gasteiger partial charge in [-0.15, -0.1) is 0 Å². The van der Waals surface area contributed by atoms with Crippen molar-refractivity contribution in [2.24, 2.45) is 0 Å². The van der Waals surface area contributed by atoms with Gasteiger partial charge in [0.05, 0.1) is 5.56 Å². The van der Waals surface area contributed by atoms with Crippen LogP contribution in [0.3, 0.4) is 0 Å². The van der Waals surface area contributed by atoms with E-state index in [9.17, 15) is 13.2 Å². The second kappa shape index (κ2) is 6.76. The summed E-state index contributed by atoms with van der Waals surface area (Å²) in [7, 11) is 0. The van der Waals surface area contributed by atoms with E-state index in [1.807, 2.05) is 18.2 Å². The zero-order valence-electron chi connectivity index (χ0n) is 11.8. The Bertz CT molecular complexity index is 546. The van der Waals surface area contributed by atoms with Gasteiger partial charge in [-0.25, -0.2) is 0 Å². The summed E-state index contributed by atoms with van der Waals surface area (Å²) in [5.41, 5.74) is 1.49. The molecule has 0 aliphatic rings. The zero-order chi connectivity index (χ0) is 15.3. The monoisotopic (exact) mass is 293 g/mol. The molecule has 0 heterocycles. The van der Waals surface area contributed by atoms with Gasteiger partial charge in [-0.2, -0.15) is 13.2 Å². The molecule has 0 amide bonds. The van der Waals surface area contributed by atoms with Crippen LogP contribution in [0.1, 0.15) is 29.5 Å². The van der Waals surface area contributed by atoms with Crippen LogP contribution in [-0.2, 0) is 12.7 Å². The quantitative estimate of drug-likeness (QED) is 0.849. The van der Waals surface area contributed by atoms with Crippen molar-refractivity contribution in [2.75, 3.05) is 6.54 Å². The van der Waals surface area contributed by atoms with Crippen molar-refractivity contribution in [3.05, 3.63) is 71.3 Å². The normalized spacial score (nSPS) is 13.1. The average molecular weight is 293 g/mol. The van der Waals surface area contributed by atoms with E-state index in [-0.39, 0.29) is 0 Å². The molecule has 2 rings (SSSR count). The third-order valence-electron chi connectivity index (χ3n) is 3.43. The van der Waals surface area contributed by atoms with E-state index in [1.165, 1.54) is 17.7 Å². The molecule has 0 spiro atoms. The highest BCUT2D eigenvalue weighted by Gasteiger charge is 2.29. The van der Waals surface area contributed by atoms with Crippen LogP contribution in [0.4, 0.5) is 13.2 Å². The molecule has 1 unspecified atom stereocenters. The van der Waals surface area contributed by atoms with Gasteiger partial charge in [0.15, 0.2) is 0 Å². The maximum absolute atomic E-state index is 12.4. The number of rotatable bonds is 5. The first kappa shape index (κ1) is 15.6. The molecule has 1 atom stereocenters. The summed E-state index contributed by atoms with van der Waals surface area (Å²) in [5, 5.41) is 3.28. The van der Waals surface area contributed by atoms with Gasteiger partial charge in [0.25, 0.3) is 0 Å². The maximum Gasteiger partial charge on any atom is 0.416 e. The molecule has 2 aromatic carbocycles. The molecule has 0 saturated carbocycles. The number of halogens is 3. The maximum atomic E-state index is 12.4. The molecule has 21 heavy (non-hydrogen) atoms. The minimum absolute atomic E-state index is 0.362. The first-order valence-electron chi connectivity index (χ1n) is 6.88. The van der Waals surface area contributed by atoms with E-state index in [0.717, 1.165) is 24.2 Å². The van der Waals surface area contributed by atoms with Gasteiger partial charge in [-0.05, 0) is 29.2 Å². The fraction of sp³-hybridized carbons (Fsp3) is 0.294. The number of hydrogen-bond acceptors (Lipinski definition) is 1. The van der Waals surface area contributed by atoms with Crippen molar-refractivity contribution in [3.63, 3.8) is 0 Å². The van der Waals surface area contributed by atoms with Gasteiger partial charge >= 0.3 is 6.18 Å². The standard InChI is InChI=1S/C17H18F3N/c1-13(15-5-3-2-4-6-15)11-21-12-14-7-9-16(10-8-14)17(18,19)20/h2-10,13,21H,11-12H2,1H3. The second-order valence-corrected chi connectivity index (χ2v) is 5.14. The molecule has 1 nitrogen and oxygen atoms in total. The first-order chi connectivity index (χ1) is 9.97. The summed E-state index contributed by atoms with van der Waals surface area (Å²) in [6.45, 7) is 3.47. The summed E-state index contributed by atoms with van der Waals surface area (Å²) in [6.07, 6.45) is -4.27. The molecule has 0 bridgehead atoms. The molecule has 2 aromatic rings. The Morgan fingerprint density at radius 3 is 2.14 bits per heavy atom. The molecule has 4 heteroatoms. The van der Waals surface area contributed by atoms with E-state index in [2.05, 4.69) is 24.4 Å². The van der Waals surface area contributed by atoms with Gasteiger partial charge in [-0.1, -0.05) is 49.4 Å². The van der Waals surface area contributed by atoms with Crippen LogP contribution < -0.4 is 5.32 Å². The zero-order valence-corrected chi connectivity index (χ0v) is 11.8. The van der Waals surface area contributed by atoms with Crippen LogP contribution in [0, 0.1) is 0 Å². The minimum Gasteiger partial charge on any atom is -0.312 e. The predicted molar refractivity (Wildman–Crippen MR) is 78.0 cm³/mol. The molecule has 0 radical (unpaired) electrons. The molecule has 0 aliphatic heterocycles. The van der Waals surface area contributed by atoms with Crippen LogP contribution in [0.2, 0.25) is 0 Å². The molecule has 112 valence electrons. The molecule has 0 saturated heterocycles. The summed E-state index contributed by atoms with van der Waals surface area (Å²) in [4.78, 5) is 0. The fourth-order valence-electron chi connectivity index (χ4n) is 2.14. The lowest BCUT2D eigenvalue weighted by Gasteiger charge is -2.13. The van der Waals surface area contributed by atoms with Gasteiger partial charge in [0, 0.05) is 13.1 Å². The molecule has 0 aliphatic carbocycles. The Labute approximate surface area is 122 Å². The SMILES string of the molecule is CC(CNCc1ccc(C(F)(F)F)cc1)c1ccccc1. The Hall–Kier alpha value is -1.81. The molecule has 0 aromatic heterocycles. The van der Waals surface area contributed by atoms with Crippen LogP contribution >= 0.6 is 0 Å². The Kier molecular flexibility index (Phi) is 5.02. The lowest BCUT2D eigenvalue weighted by molar-refractivity contribution is -0.137. The van der Waals surface area contributed by atoms with Crippen LogP contribution in [0.5, 0.6) is 0 Å². The van der Waals surface area contributed by atoms with E-state index >= 15 is 0 Å². The Morgan fingerprint density at radius 2 is 1.57 bits per heavy atom. The van der Waals surface area contributed by atoms with Crippen LogP contribution in [-0.4, -0.2) is 6.54 Å². The lowest BCUT2D eigenvalue weighted by Crippen LogP contribution is -2.19. The van der Waals surface area contributed by atoms with Crippen molar-refractivity contribution in [1.82, 2.24) is 5.32 Å².